The summed E-state index contributed by atoms with van der Waals surface area (Å²) in [6, 6.07) is 2.38. The molecule has 0 saturated carbocycles. The van der Waals surface area contributed by atoms with E-state index in [0.29, 0.717) is 26.2 Å². The fraction of sp³-hybridized carbons (Fsp3) is 0.571. The molecule has 10 heteroatoms. The summed E-state index contributed by atoms with van der Waals surface area (Å²) >= 11 is 0. The van der Waals surface area contributed by atoms with Crippen molar-refractivity contribution in [2.24, 2.45) is 0 Å². The molecule has 136 valence electrons. The highest BCUT2D eigenvalue weighted by Crippen LogP contribution is 2.33. The number of benzene rings is 1. The highest BCUT2D eigenvalue weighted by Gasteiger charge is 2.32. The zero-order valence-electron chi connectivity index (χ0n) is 13.3. The van der Waals surface area contributed by atoms with Crippen molar-refractivity contribution in [3.63, 3.8) is 0 Å². The lowest BCUT2D eigenvalue weighted by Gasteiger charge is -2.30. The van der Waals surface area contributed by atoms with Crippen molar-refractivity contribution in [2.45, 2.75) is 16.7 Å². The number of alkyl halides is 1. The first-order valence-electron chi connectivity index (χ1n) is 7.54. The van der Waals surface area contributed by atoms with Crippen molar-refractivity contribution in [3.05, 3.63) is 17.9 Å². The van der Waals surface area contributed by atoms with Crippen LogP contribution in [-0.2, 0) is 19.7 Å². The van der Waals surface area contributed by atoms with E-state index < -0.39 is 47.7 Å². The predicted molar refractivity (Wildman–Crippen MR) is 87.2 cm³/mol. The van der Waals surface area contributed by atoms with Crippen molar-refractivity contribution < 1.29 is 25.6 Å². The molecule has 1 aliphatic rings. The lowest BCUT2D eigenvalue weighted by atomic mass is 10.2. The Morgan fingerprint density at radius 1 is 1.12 bits per heavy atom. The second kappa shape index (κ2) is 7.32. The Labute approximate surface area is 140 Å². The van der Waals surface area contributed by atoms with Gasteiger partial charge in [-0.1, -0.05) is 6.92 Å². The van der Waals surface area contributed by atoms with Gasteiger partial charge in [-0.2, -0.15) is 0 Å². The largest absolute Gasteiger partial charge is 0.367 e. The van der Waals surface area contributed by atoms with Gasteiger partial charge in [0.15, 0.2) is 25.5 Å². The molecule has 0 aromatic heterocycles. The summed E-state index contributed by atoms with van der Waals surface area (Å²) in [6.45, 7) is 2.23. The van der Waals surface area contributed by atoms with Crippen LogP contribution < -0.4 is 10.2 Å². The third-order valence-electron chi connectivity index (χ3n) is 3.87. The lowest BCUT2D eigenvalue weighted by molar-refractivity contribution is 0.509. The van der Waals surface area contributed by atoms with Gasteiger partial charge in [0, 0.05) is 26.2 Å². The zero-order chi connectivity index (χ0) is 18.0. The molecule has 1 saturated heterocycles. The Hall–Kier alpha value is -1.26. The minimum atomic E-state index is -4.40. The first-order valence-corrected chi connectivity index (χ1v) is 10.8. The summed E-state index contributed by atoms with van der Waals surface area (Å²) in [4.78, 5) is 0.121. The van der Waals surface area contributed by atoms with Gasteiger partial charge in [0.25, 0.3) is 0 Å². The number of hydrogen-bond donors (Lipinski definition) is 1. The number of piperazine rings is 1. The highest BCUT2D eigenvalue weighted by atomic mass is 32.2. The van der Waals surface area contributed by atoms with E-state index in [1.165, 1.54) is 13.0 Å². The van der Waals surface area contributed by atoms with Crippen LogP contribution in [-0.4, -0.2) is 61.2 Å². The van der Waals surface area contributed by atoms with Gasteiger partial charge in [-0.3, -0.25) is 0 Å². The van der Waals surface area contributed by atoms with Crippen LogP contribution in [0.5, 0.6) is 0 Å². The minimum absolute atomic E-state index is 0.0176. The number of hydrogen-bond acceptors (Lipinski definition) is 6. The van der Waals surface area contributed by atoms with Gasteiger partial charge < -0.3 is 10.2 Å². The van der Waals surface area contributed by atoms with Crippen LogP contribution in [0.2, 0.25) is 0 Å². The summed E-state index contributed by atoms with van der Waals surface area (Å²) in [5.74, 6) is -2.46. The molecule has 2 rings (SSSR count). The molecule has 0 radical (unpaired) electrons. The van der Waals surface area contributed by atoms with E-state index in [-0.39, 0.29) is 11.4 Å². The number of halogens is 2. The van der Waals surface area contributed by atoms with Crippen LogP contribution in [0.15, 0.2) is 21.9 Å². The van der Waals surface area contributed by atoms with Crippen molar-refractivity contribution in [1.29, 1.82) is 0 Å². The van der Waals surface area contributed by atoms with Gasteiger partial charge >= 0.3 is 0 Å². The monoisotopic (exact) mass is 382 g/mol. The Balaban J connectivity index is 2.69. The number of rotatable bonds is 6. The first-order chi connectivity index (χ1) is 11.2. The molecular formula is C14H20F2N2O4S2. The Morgan fingerprint density at radius 3 is 2.29 bits per heavy atom. The van der Waals surface area contributed by atoms with Crippen molar-refractivity contribution in [1.82, 2.24) is 5.32 Å². The molecule has 1 aromatic carbocycles. The fourth-order valence-electron chi connectivity index (χ4n) is 2.57. The van der Waals surface area contributed by atoms with Crippen LogP contribution in [0.4, 0.5) is 14.5 Å². The third-order valence-corrected chi connectivity index (χ3v) is 7.48. The van der Waals surface area contributed by atoms with Crippen molar-refractivity contribution in [2.75, 3.05) is 49.3 Å². The van der Waals surface area contributed by atoms with Crippen molar-refractivity contribution >= 4 is 25.4 Å². The van der Waals surface area contributed by atoms with Crippen molar-refractivity contribution in [3.8, 4) is 0 Å². The van der Waals surface area contributed by atoms with E-state index >= 15 is 0 Å². The molecule has 1 aliphatic heterocycles. The Morgan fingerprint density at radius 2 is 1.75 bits per heavy atom. The molecular weight excluding hydrogens is 362 g/mol. The normalized spacial score (nSPS) is 16.4. The molecule has 1 fully saturated rings. The maximum absolute atomic E-state index is 15.0. The number of sulfone groups is 2. The third kappa shape index (κ3) is 3.70. The summed E-state index contributed by atoms with van der Waals surface area (Å²) in [5.41, 5.74) is 0.0176. The van der Waals surface area contributed by atoms with Gasteiger partial charge in [0.2, 0.25) is 0 Å². The van der Waals surface area contributed by atoms with E-state index in [4.69, 9.17) is 0 Å². The molecule has 0 spiro atoms. The molecule has 1 heterocycles. The minimum Gasteiger partial charge on any atom is -0.367 e. The molecule has 1 N–H and O–H groups in total. The average molecular weight is 382 g/mol. The Bertz CT molecular complexity index is 804. The number of anilines is 1. The van der Waals surface area contributed by atoms with Gasteiger partial charge in [-0.05, 0) is 12.1 Å². The second-order valence-corrected chi connectivity index (χ2v) is 9.67. The summed E-state index contributed by atoms with van der Waals surface area (Å²) in [7, 11) is -8.37. The predicted octanol–water partition coefficient (Wildman–Crippen LogP) is 0.772. The molecule has 0 bridgehead atoms. The Kier molecular flexibility index (Phi) is 5.82. The summed E-state index contributed by atoms with van der Waals surface area (Å²) < 4.78 is 76.5. The van der Waals surface area contributed by atoms with Crippen LogP contribution in [0.3, 0.4) is 0 Å². The van der Waals surface area contributed by atoms with Gasteiger partial charge in [0.1, 0.15) is 11.6 Å². The molecule has 0 aliphatic carbocycles. The quantitative estimate of drug-likeness (QED) is 0.783. The van der Waals surface area contributed by atoms with E-state index in [2.05, 4.69) is 5.32 Å². The number of nitrogens with one attached hydrogen (secondary N) is 1. The second-order valence-electron chi connectivity index (χ2n) is 5.37. The first kappa shape index (κ1) is 19.1. The smallest absolute Gasteiger partial charge is 0.185 e. The standard InChI is InChI=1S/C14H20F2N2O4S2/c1-2-23(19,20)12-4-3-11(18-8-6-17-7-9-18)13(16)14(12)24(21,22)10-5-15/h3-4,17H,2,5-10H2,1H3. The van der Waals surface area contributed by atoms with E-state index in [1.54, 1.807) is 4.90 Å². The van der Waals surface area contributed by atoms with E-state index in [0.717, 1.165) is 6.07 Å². The topological polar surface area (TPSA) is 83.6 Å². The van der Waals surface area contributed by atoms with Crippen LogP contribution >= 0.6 is 0 Å². The average Bonchev–Trinajstić information content (AvgIpc) is 2.55. The van der Waals surface area contributed by atoms with Crippen LogP contribution in [0.25, 0.3) is 0 Å². The summed E-state index contributed by atoms with van der Waals surface area (Å²) in [5, 5.41) is 3.09. The molecule has 0 amide bonds. The maximum atomic E-state index is 15.0. The van der Waals surface area contributed by atoms with Crippen LogP contribution in [0.1, 0.15) is 6.92 Å². The molecule has 24 heavy (non-hydrogen) atoms. The molecule has 0 unspecified atom stereocenters. The number of nitrogens with zero attached hydrogens (tertiary/aromatic N) is 1. The molecule has 1 aromatic rings. The van der Waals surface area contributed by atoms with Gasteiger partial charge in [0.05, 0.1) is 22.1 Å². The summed E-state index contributed by atoms with van der Waals surface area (Å²) in [6.07, 6.45) is 0. The van der Waals surface area contributed by atoms with Crippen LogP contribution in [0, 0.1) is 5.82 Å². The molecule has 6 nitrogen and oxygen atoms in total. The SMILES string of the molecule is CCS(=O)(=O)c1ccc(N2CCNCC2)c(F)c1S(=O)(=O)CCF. The lowest BCUT2D eigenvalue weighted by Crippen LogP contribution is -2.44. The van der Waals surface area contributed by atoms with E-state index in [9.17, 15) is 25.6 Å². The zero-order valence-corrected chi connectivity index (χ0v) is 14.9. The highest BCUT2D eigenvalue weighted by molar-refractivity contribution is 7.94. The fourth-order valence-corrected chi connectivity index (χ4v) is 5.45. The molecule has 0 atom stereocenters. The van der Waals surface area contributed by atoms with Gasteiger partial charge in [-0.25, -0.2) is 25.6 Å². The maximum Gasteiger partial charge on any atom is 0.185 e. The van der Waals surface area contributed by atoms with E-state index in [1.807, 2.05) is 0 Å². The van der Waals surface area contributed by atoms with Gasteiger partial charge in [-0.15, -0.1) is 0 Å².